The van der Waals surface area contributed by atoms with Crippen molar-refractivity contribution in [1.29, 1.82) is 0 Å². The number of nitrogens with one attached hydrogen (secondary N) is 1. The van der Waals surface area contributed by atoms with Crippen LogP contribution >= 0.6 is 12.2 Å². The Morgan fingerprint density at radius 2 is 2.12 bits per heavy atom. The van der Waals surface area contributed by atoms with E-state index in [-0.39, 0.29) is 33.9 Å². The largest absolute Gasteiger partial charge is 0.506 e. The highest BCUT2D eigenvalue weighted by molar-refractivity contribution is 7.71. The van der Waals surface area contributed by atoms with Crippen molar-refractivity contribution in [2.75, 3.05) is 0 Å². The third kappa shape index (κ3) is 3.41. The summed E-state index contributed by atoms with van der Waals surface area (Å²) in [5, 5.41) is 28.8. The maximum absolute atomic E-state index is 11.9. The van der Waals surface area contributed by atoms with Crippen LogP contribution in [-0.4, -0.2) is 37.1 Å². The smallest absolute Gasteiger partial charge is 0.335 e. The molecule has 0 saturated heterocycles. The molecule has 0 spiro atoms. The van der Waals surface area contributed by atoms with Gasteiger partial charge in [-0.05, 0) is 30.4 Å². The molecule has 0 atom stereocenters. The van der Waals surface area contributed by atoms with Gasteiger partial charge in [0.05, 0.1) is 5.56 Å². The van der Waals surface area contributed by atoms with Gasteiger partial charge in [-0.2, -0.15) is 0 Å². The predicted octanol–water partition coefficient (Wildman–Crippen LogP) is 1.95. The monoisotopic (exact) mass is 347 g/mol. The zero-order chi connectivity index (χ0) is 17.9. The van der Waals surface area contributed by atoms with Crippen LogP contribution in [0.2, 0.25) is 0 Å². The zero-order valence-electron chi connectivity index (χ0n) is 12.3. The SMILES string of the molecule is C=CCn1c(O)c(C=Nc2cc(C(=O)O)ccc2O)c(=O)[nH]c1=S. The van der Waals surface area contributed by atoms with Crippen LogP contribution in [-0.2, 0) is 6.54 Å². The number of hydrogen-bond donors (Lipinski definition) is 4. The van der Waals surface area contributed by atoms with Crippen LogP contribution in [0.1, 0.15) is 15.9 Å². The van der Waals surface area contributed by atoms with Crippen molar-refractivity contribution in [3.05, 3.63) is 57.1 Å². The Kier molecular flexibility index (Phi) is 4.95. The number of aromatic amines is 1. The number of allylic oxidation sites excluding steroid dienone is 1. The third-order valence-corrected chi connectivity index (χ3v) is 3.40. The van der Waals surface area contributed by atoms with Crippen LogP contribution in [0.5, 0.6) is 11.6 Å². The number of hydrogen-bond acceptors (Lipinski definition) is 6. The van der Waals surface area contributed by atoms with Crippen LogP contribution in [0.3, 0.4) is 0 Å². The molecule has 0 aliphatic carbocycles. The van der Waals surface area contributed by atoms with Gasteiger partial charge in [-0.25, -0.2) is 4.79 Å². The lowest BCUT2D eigenvalue weighted by molar-refractivity contribution is 0.0697. The fourth-order valence-corrected chi connectivity index (χ4v) is 2.14. The summed E-state index contributed by atoms with van der Waals surface area (Å²) in [4.78, 5) is 29.1. The minimum atomic E-state index is -1.19. The van der Waals surface area contributed by atoms with E-state index in [1.54, 1.807) is 0 Å². The normalized spacial score (nSPS) is 10.8. The molecule has 24 heavy (non-hydrogen) atoms. The van der Waals surface area contributed by atoms with E-state index in [1.165, 1.54) is 22.8 Å². The van der Waals surface area contributed by atoms with E-state index in [9.17, 15) is 19.8 Å². The van der Waals surface area contributed by atoms with Gasteiger partial charge in [0, 0.05) is 12.8 Å². The molecule has 4 N–H and O–H groups in total. The van der Waals surface area contributed by atoms with Crippen molar-refractivity contribution < 1.29 is 20.1 Å². The number of rotatable bonds is 5. The first-order chi connectivity index (χ1) is 11.3. The second-order valence-corrected chi connectivity index (χ2v) is 5.05. The summed E-state index contributed by atoms with van der Waals surface area (Å²) >= 11 is 4.95. The summed E-state index contributed by atoms with van der Waals surface area (Å²) in [6.07, 6.45) is 2.50. The van der Waals surface area contributed by atoms with Crippen molar-refractivity contribution in [3.8, 4) is 11.6 Å². The van der Waals surface area contributed by atoms with Gasteiger partial charge in [0.15, 0.2) is 4.77 Å². The molecule has 0 aliphatic heterocycles. The van der Waals surface area contributed by atoms with Gasteiger partial charge >= 0.3 is 5.97 Å². The number of benzene rings is 1. The lowest BCUT2D eigenvalue weighted by atomic mass is 10.2. The molecular weight excluding hydrogens is 334 g/mol. The lowest BCUT2D eigenvalue weighted by Crippen LogP contribution is -2.18. The number of phenolic OH excluding ortho intramolecular Hbond substituents is 1. The van der Waals surface area contributed by atoms with Gasteiger partial charge in [0.25, 0.3) is 5.56 Å². The quantitative estimate of drug-likeness (QED) is 0.372. The summed E-state index contributed by atoms with van der Waals surface area (Å²) in [6, 6.07) is 3.52. The Labute approximate surface area is 140 Å². The van der Waals surface area contributed by atoms with Crippen LogP contribution in [0, 0.1) is 4.77 Å². The maximum Gasteiger partial charge on any atom is 0.335 e. The van der Waals surface area contributed by atoms with Crippen molar-refractivity contribution in [1.82, 2.24) is 9.55 Å². The highest BCUT2D eigenvalue weighted by Crippen LogP contribution is 2.27. The average molecular weight is 347 g/mol. The van der Waals surface area contributed by atoms with Gasteiger partial charge in [-0.3, -0.25) is 19.3 Å². The summed E-state index contributed by atoms with van der Waals surface area (Å²) < 4.78 is 1.25. The molecule has 0 amide bonds. The number of carboxylic acid groups (broad SMARTS) is 1. The Morgan fingerprint density at radius 3 is 2.75 bits per heavy atom. The van der Waals surface area contributed by atoms with Crippen LogP contribution in [0.15, 0.2) is 40.6 Å². The summed E-state index contributed by atoms with van der Waals surface area (Å²) in [5.74, 6) is -1.88. The lowest BCUT2D eigenvalue weighted by Gasteiger charge is -2.08. The molecule has 9 heteroatoms. The highest BCUT2D eigenvalue weighted by Gasteiger charge is 2.11. The van der Waals surface area contributed by atoms with E-state index in [2.05, 4.69) is 16.6 Å². The molecule has 8 nitrogen and oxygen atoms in total. The maximum atomic E-state index is 11.9. The van der Waals surface area contributed by atoms with Crippen molar-refractivity contribution in [2.45, 2.75) is 6.54 Å². The molecule has 124 valence electrons. The molecule has 0 bridgehead atoms. The molecule has 0 unspecified atom stereocenters. The topological polar surface area (TPSA) is 128 Å². The number of carboxylic acids is 1. The Morgan fingerprint density at radius 1 is 1.42 bits per heavy atom. The number of aromatic hydroxyl groups is 2. The molecule has 1 heterocycles. The number of aromatic nitrogens is 2. The molecule has 0 aliphatic rings. The standard InChI is InChI=1S/C15H13N3O5S/c1-2-5-18-13(21)9(12(20)17-15(18)24)7-16-10-6-8(14(22)23)3-4-11(10)19/h2-4,6-7,19,21H,1,5H2,(H,22,23)(H,17,20,24). The molecule has 2 rings (SSSR count). The number of aliphatic imine (C=N–C) groups is 1. The minimum Gasteiger partial charge on any atom is -0.506 e. The third-order valence-electron chi connectivity index (χ3n) is 3.07. The zero-order valence-corrected chi connectivity index (χ0v) is 13.1. The first kappa shape index (κ1) is 17.2. The first-order valence-electron chi connectivity index (χ1n) is 6.62. The minimum absolute atomic E-state index is 0.0188. The second-order valence-electron chi connectivity index (χ2n) is 4.66. The number of aromatic carboxylic acids is 1. The van der Waals surface area contributed by atoms with Crippen LogP contribution in [0.25, 0.3) is 0 Å². The Hall–Kier alpha value is -3.20. The molecule has 0 fully saturated rings. The highest BCUT2D eigenvalue weighted by atomic mass is 32.1. The molecule has 1 aromatic carbocycles. The number of H-pyrrole nitrogens is 1. The molecule has 0 radical (unpaired) electrons. The van der Waals surface area contributed by atoms with E-state index >= 15 is 0 Å². The fourth-order valence-electron chi connectivity index (χ4n) is 1.88. The number of carbonyl (C=O) groups is 1. The Balaban J connectivity index is 2.54. The van der Waals surface area contributed by atoms with Gasteiger partial charge < -0.3 is 15.3 Å². The molecule has 2 aromatic rings. The van der Waals surface area contributed by atoms with Crippen molar-refractivity contribution in [3.63, 3.8) is 0 Å². The van der Waals surface area contributed by atoms with Gasteiger partial charge in [0.1, 0.15) is 17.0 Å². The van der Waals surface area contributed by atoms with E-state index in [0.717, 1.165) is 12.3 Å². The Bertz CT molecular complexity index is 959. The first-order valence-corrected chi connectivity index (χ1v) is 7.03. The van der Waals surface area contributed by atoms with Crippen molar-refractivity contribution in [2.24, 2.45) is 4.99 Å². The van der Waals surface area contributed by atoms with Gasteiger partial charge in [-0.1, -0.05) is 6.08 Å². The predicted molar refractivity (Wildman–Crippen MR) is 90.1 cm³/mol. The average Bonchev–Trinajstić information content (AvgIpc) is 2.52. The van der Waals surface area contributed by atoms with Gasteiger partial charge in [-0.15, -0.1) is 6.58 Å². The fraction of sp³-hybridized carbons (Fsp3) is 0.0667. The number of phenols is 1. The van der Waals surface area contributed by atoms with Crippen molar-refractivity contribution >= 4 is 30.1 Å². The molecule has 0 saturated carbocycles. The second kappa shape index (κ2) is 6.92. The summed E-state index contributed by atoms with van der Waals surface area (Å²) in [7, 11) is 0. The summed E-state index contributed by atoms with van der Waals surface area (Å²) in [5.41, 5.74) is -1.01. The van der Waals surface area contributed by atoms with E-state index in [4.69, 9.17) is 17.3 Å². The molecule has 1 aromatic heterocycles. The molecular formula is C15H13N3O5S. The number of nitrogens with zero attached hydrogens (tertiary/aromatic N) is 2. The van der Waals surface area contributed by atoms with E-state index in [0.29, 0.717) is 0 Å². The summed E-state index contributed by atoms with van der Waals surface area (Å²) in [6.45, 7) is 3.70. The van der Waals surface area contributed by atoms with Gasteiger partial charge in [0.2, 0.25) is 5.88 Å². The van der Waals surface area contributed by atoms with Crippen LogP contribution in [0.4, 0.5) is 5.69 Å². The van der Waals surface area contributed by atoms with Crippen LogP contribution < -0.4 is 5.56 Å². The van der Waals surface area contributed by atoms with E-state index in [1.807, 2.05) is 0 Å². The van der Waals surface area contributed by atoms with E-state index < -0.39 is 17.4 Å².